The number of nitrogens with zero attached hydrogens (tertiary/aromatic N) is 2. The Labute approximate surface area is 195 Å². The minimum absolute atomic E-state index is 0.154. The van der Waals surface area contributed by atoms with Crippen LogP contribution in [0.2, 0.25) is 5.02 Å². The lowest BCUT2D eigenvalue weighted by molar-refractivity contribution is 0.0956. The standard InChI is InChI=1S/C26H20ClN3O3/c1-15-7-8-16(2)19(9-15)23-11-20(18-5-3-4-6-22(18)29-23)26(31)30-28-13-17-10-24-25(12-21(17)27)33-14-32-24/h3-13H,14H2,1-2H3,(H,30,31)/b28-13+. The molecular formula is C26H20ClN3O3. The lowest BCUT2D eigenvalue weighted by Crippen LogP contribution is -2.18. The SMILES string of the molecule is Cc1ccc(C)c(-c2cc(C(=O)N/N=C/c3cc4c(cc3Cl)OCO4)c3ccccc3n2)c1. The molecule has 33 heavy (non-hydrogen) atoms. The molecule has 0 atom stereocenters. The molecule has 6 nitrogen and oxygen atoms in total. The maximum atomic E-state index is 13.1. The van der Waals surface area contributed by atoms with Gasteiger partial charge in [0, 0.05) is 22.6 Å². The number of hydrogen-bond acceptors (Lipinski definition) is 5. The summed E-state index contributed by atoms with van der Waals surface area (Å²) in [6.45, 7) is 4.22. The van der Waals surface area contributed by atoms with Gasteiger partial charge in [0.1, 0.15) is 0 Å². The number of ether oxygens (including phenoxy) is 2. The van der Waals surface area contributed by atoms with E-state index >= 15 is 0 Å². The number of para-hydroxylation sites is 1. The van der Waals surface area contributed by atoms with Gasteiger partial charge in [-0.3, -0.25) is 4.79 Å². The Balaban J connectivity index is 1.48. The van der Waals surface area contributed by atoms with Crippen LogP contribution in [0.1, 0.15) is 27.0 Å². The highest BCUT2D eigenvalue weighted by Crippen LogP contribution is 2.36. The number of pyridine rings is 1. The molecule has 1 aliphatic rings. The van der Waals surface area contributed by atoms with Crippen molar-refractivity contribution < 1.29 is 14.3 Å². The van der Waals surface area contributed by atoms with Gasteiger partial charge in [0.15, 0.2) is 11.5 Å². The first-order chi connectivity index (χ1) is 16.0. The minimum Gasteiger partial charge on any atom is -0.454 e. The quantitative estimate of drug-likeness (QED) is 0.317. The number of carbonyl (C=O) groups excluding carboxylic acids is 1. The first kappa shape index (κ1) is 21.0. The number of carbonyl (C=O) groups is 1. The van der Waals surface area contributed by atoms with Crippen molar-refractivity contribution in [2.24, 2.45) is 5.10 Å². The lowest BCUT2D eigenvalue weighted by atomic mass is 9.99. The highest BCUT2D eigenvalue weighted by molar-refractivity contribution is 6.33. The molecule has 0 unspecified atom stereocenters. The van der Waals surface area contributed by atoms with Crippen molar-refractivity contribution in [2.45, 2.75) is 13.8 Å². The number of nitrogens with one attached hydrogen (secondary N) is 1. The van der Waals surface area contributed by atoms with E-state index in [0.717, 1.165) is 33.3 Å². The largest absolute Gasteiger partial charge is 0.454 e. The summed E-state index contributed by atoms with van der Waals surface area (Å²) in [6.07, 6.45) is 1.48. The number of aromatic nitrogens is 1. The van der Waals surface area contributed by atoms with Crippen molar-refractivity contribution >= 4 is 34.6 Å². The maximum absolute atomic E-state index is 13.1. The predicted molar refractivity (Wildman–Crippen MR) is 129 cm³/mol. The zero-order valence-corrected chi connectivity index (χ0v) is 18.8. The van der Waals surface area contributed by atoms with Crippen LogP contribution in [0.25, 0.3) is 22.2 Å². The molecule has 1 N–H and O–H groups in total. The zero-order chi connectivity index (χ0) is 22.9. The summed E-state index contributed by atoms with van der Waals surface area (Å²) in [5, 5.41) is 5.32. The average molecular weight is 458 g/mol. The van der Waals surface area contributed by atoms with E-state index in [1.54, 1.807) is 12.1 Å². The van der Waals surface area contributed by atoms with Gasteiger partial charge in [0.2, 0.25) is 6.79 Å². The summed E-state index contributed by atoms with van der Waals surface area (Å²) in [6, 6.07) is 19.0. The Morgan fingerprint density at radius 3 is 2.70 bits per heavy atom. The van der Waals surface area contributed by atoms with Crippen LogP contribution in [0.4, 0.5) is 0 Å². The number of rotatable bonds is 4. The molecule has 0 fully saturated rings. The average Bonchev–Trinajstić information content (AvgIpc) is 3.27. The first-order valence-electron chi connectivity index (χ1n) is 10.4. The fourth-order valence-corrected chi connectivity index (χ4v) is 3.97. The third kappa shape index (κ3) is 4.13. The van der Waals surface area contributed by atoms with Crippen LogP contribution in [-0.2, 0) is 0 Å². The molecule has 7 heteroatoms. The summed E-state index contributed by atoms with van der Waals surface area (Å²) in [7, 11) is 0. The summed E-state index contributed by atoms with van der Waals surface area (Å²) in [5.41, 5.74) is 8.39. The molecule has 3 aromatic carbocycles. The molecule has 0 saturated carbocycles. The minimum atomic E-state index is -0.340. The van der Waals surface area contributed by atoms with E-state index in [2.05, 4.69) is 28.7 Å². The Kier molecular flexibility index (Phi) is 5.44. The second-order valence-corrected chi connectivity index (χ2v) is 8.22. The van der Waals surface area contributed by atoms with Gasteiger partial charge in [-0.05, 0) is 43.7 Å². The van der Waals surface area contributed by atoms with E-state index in [1.807, 2.05) is 44.2 Å². The number of hydrazone groups is 1. The van der Waals surface area contributed by atoms with Crippen molar-refractivity contribution in [3.63, 3.8) is 0 Å². The highest BCUT2D eigenvalue weighted by Gasteiger charge is 2.17. The Morgan fingerprint density at radius 1 is 1.06 bits per heavy atom. The van der Waals surface area contributed by atoms with E-state index in [9.17, 15) is 4.79 Å². The molecule has 0 aliphatic carbocycles. The molecule has 1 aliphatic heterocycles. The molecule has 0 spiro atoms. The number of hydrogen-bond donors (Lipinski definition) is 1. The van der Waals surface area contributed by atoms with Gasteiger partial charge < -0.3 is 9.47 Å². The van der Waals surface area contributed by atoms with Crippen LogP contribution in [-0.4, -0.2) is 23.9 Å². The molecule has 0 saturated heterocycles. The summed E-state index contributed by atoms with van der Waals surface area (Å²) >= 11 is 6.29. The molecule has 0 radical (unpaired) electrons. The number of amides is 1. The van der Waals surface area contributed by atoms with Crippen LogP contribution in [0, 0.1) is 13.8 Å². The Hall–Kier alpha value is -3.90. The van der Waals surface area contributed by atoms with Gasteiger partial charge in [-0.2, -0.15) is 5.10 Å². The topological polar surface area (TPSA) is 72.8 Å². The van der Waals surface area contributed by atoms with Gasteiger partial charge in [0.05, 0.1) is 28.0 Å². The van der Waals surface area contributed by atoms with E-state index in [-0.39, 0.29) is 12.7 Å². The van der Waals surface area contributed by atoms with Gasteiger partial charge >= 0.3 is 0 Å². The Morgan fingerprint density at radius 2 is 1.85 bits per heavy atom. The second kappa shape index (κ2) is 8.56. The van der Waals surface area contributed by atoms with Crippen molar-refractivity contribution in [1.82, 2.24) is 10.4 Å². The number of fused-ring (bicyclic) bond motifs is 2. The van der Waals surface area contributed by atoms with Crippen LogP contribution >= 0.6 is 11.6 Å². The Bertz CT molecular complexity index is 1430. The maximum Gasteiger partial charge on any atom is 0.272 e. The lowest BCUT2D eigenvalue weighted by Gasteiger charge is -2.11. The number of halogens is 1. The molecule has 1 aromatic heterocycles. The second-order valence-electron chi connectivity index (χ2n) is 7.82. The summed E-state index contributed by atoms with van der Waals surface area (Å²) < 4.78 is 10.7. The van der Waals surface area contributed by atoms with Gasteiger partial charge in [-0.1, -0.05) is 47.5 Å². The van der Waals surface area contributed by atoms with Gasteiger partial charge in [-0.25, -0.2) is 10.4 Å². The molecule has 164 valence electrons. The molecule has 4 aromatic rings. The van der Waals surface area contributed by atoms with Crippen LogP contribution in [0.5, 0.6) is 11.5 Å². The predicted octanol–water partition coefficient (Wildman–Crippen LogP) is 5.66. The summed E-state index contributed by atoms with van der Waals surface area (Å²) in [5.74, 6) is 0.835. The smallest absolute Gasteiger partial charge is 0.272 e. The van der Waals surface area contributed by atoms with E-state index in [1.165, 1.54) is 6.21 Å². The normalized spacial score (nSPS) is 12.5. The highest BCUT2D eigenvalue weighted by atomic mass is 35.5. The van der Waals surface area contributed by atoms with E-state index in [0.29, 0.717) is 27.6 Å². The first-order valence-corrected chi connectivity index (χ1v) is 10.8. The fraction of sp³-hybridized carbons (Fsp3) is 0.115. The van der Waals surface area contributed by atoms with Crippen molar-refractivity contribution in [3.05, 3.63) is 87.9 Å². The third-order valence-corrected chi connectivity index (χ3v) is 5.82. The van der Waals surface area contributed by atoms with E-state index in [4.69, 9.17) is 26.1 Å². The third-order valence-electron chi connectivity index (χ3n) is 5.49. The number of benzene rings is 3. The molecule has 2 heterocycles. The van der Waals surface area contributed by atoms with E-state index < -0.39 is 0 Å². The van der Waals surface area contributed by atoms with Crippen LogP contribution in [0.3, 0.4) is 0 Å². The molecule has 1 amide bonds. The fourth-order valence-electron chi connectivity index (χ4n) is 3.77. The van der Waals surface area contributed by atoms with Crippen molar-refractivity contribution in [2.75, 3.05) is 6.79 Å². The van der Waals surface area contributed by atoms with Crippen molar-refractivity contribution in [1.29, 1.82) is 0 Å². The van der Waals surface area contributed by atoms with Crippen molar-refractivity contribution in [3.8, 4) is 22.8 Å². The monoisotopic (exact) mass is 457 g/mol. The summed E-state index contributed by atoms with van der Waals surface area (Å²) in [4.78, 5) is 17.9. The van der Waals surface area contributed by atoms with Gasteiger partial charge in [-0.15, -0.1) is 0 Å². The zero-order valence-electron chi connectivity index (χ0n) is 18.1. The molecule has 0 bridgehead atoms. The molecular weight excluding hydrogens is 438 g/mol. The van der Waals surface area contributed by atoms with Gasteiger partial charge in [0.25, 0.3) is 5.91 Å². The van der Waals surface area contributed by atoms with Crippen LogP contribution < -0.4 is 14.9 Å². The van der Waals surface area contributed by atoms with Crippen LogP contribution in [0.15, 0.2) is 65.8 Å². The number of aryl methyl sites for hydroxylation is 2. The molecule has 5 rings (SSSR count).